The maximum absolute atomic E-state index is 13.4. The van der Waals surface area contributed by atoms with Crippen LogP contribution in [0.2, 0.25) is 5.02 Å². The fourth-order valence-electron chi connectivity index (χ4n) is 3.97. The quantitative estimate of drug-likeness (QED) is 0.345. The summed E-state index contributed by atoms with van der Waals surface area (Å²) < 4.78 is 10.2. The number of furan rings is 1. The number of esters is 1. The van der Waals surface area contributed by atoms with Gasteiger partial charge in [-0.3, -0.25) is 14.4 Å². The topological polar surface area (TPSA) is 97.1 Å². The van der Waals surface area contributed by atoms with Crippen molar-refractivity contribution in [1.29, 1.82) is 0 Å². The van der Waals surface area contributed by atoms with E-state index in [4.69, 9.17) is 20.8 Å². The lowest BCUT2D eigenvalue weighted by Gasteiger charge is -2.27. The van der Waals surface area contributed by atoms with Crippen LogP contribution in [-0.2, 0) is 20.7 Å². The molecule has 0 radical (unpaired) electrons. The van der Waals surface area contributed by atoms with Crippen LogP contribution in [0.25, 0.3) is 0 Å². The summed E-state index contributed by atoms with van der Waals surface area (Å²) in [7, 11) is 0. The molecular formula is C26H23ClN2O6. The summed E-state index contributed by atoms with van der Waals surface area (Å²) in [5.41, 5.74) is 1.51. The predicted octanol–water partition coefficient (Wildman–Crippen LogP) is 4.13. The lowest BCUT2D eigenvalue weighted by molar-refractivity contribution is -0.122. The van der Waals surface area contributed by atoms with E-state index in [0.29, 0.717) is 22.7 Å². The summed E-state index contributed by atoms with van der Waals surface area (Å²) in [5.74, 6) is -1.86. The number of halogens is 1. The van der Waals surface area contributed by atoms with Crippen LogP contribution in [0.5, 0.6) is 0 Å². The number of nitrogens with zero attached hydrogens (tertiary/aromatic N) is 2. The van der Waals surface area contributed by atoms with Gasteiger partial charge in [0.25, 0.3) is 11.8 Å². The van der Waals surface area contributed by atoms with E-state index in [9.17, 15) is 19.2 Å². The van der Waals surface area contributed by atoms with Crippen molar-refractivity contribution in [3.63, 3.8) is 0 Å². The third kappa shape index (κ3) is 5.27. The molecule has 2 aromatic carbocycles. The summed E-state index contributed by atoms with van der Waals surface area (Å²) in [4.78, 5) is 53.8. The molecule has 0 aliphatic carbocycles. The van der Waals surface area contributed by atoms with E-state index in [1.165, 1.54) is 41.5 Å². The number of hydrogen-bond acceptors (Lipinski definition) is 6. The van der Waals surface area contributed by atoms with E-state index in [1.54, 1.807) is 25.1 Å². The van der Waals surface area contributed by atoms with Gasteiger partial charge in [-0.2, -0.15) is 0 Å². The lowest BCUT2D eigenvalue weighted by atomic mass is 10.1. The molecule has 8 nitrogen and oxygen atoms in total. The Hall–Kier alpha value is -3.91. The van der Waals surface area contributed by atoms with Crippen molar-refractivity contribution in [2.45, 2.75) is 25.8 Å². The average Bonchev–Trinajstić information content (AvgIpc) is 3.48. The van der Waals surface area contributed by atoms with Gasteiger partial charge in [0.15, 0.2) is 5.76 Å². The number of imide groups is 1. The number of benzene rings is 2. The standard InChI is InChI=1S/C26H23ClN2O6/c1-2-34-26(33)18-8-10-20(11-9-18)29-23(30)16-21(24(29)31)28(25(32)22-7-4-14-35-22)13-12-17-5-3-6-19(27)15-17/h3-11,14-15,21H,2,12-13,16H2,1H3. The minimum absolute atomic E-state index is 0.0774. The number of rotatable bonds is 8. The third-order valence-electron chi connectivity index (χ3n) is 5.66. The van der Waals surface area contributed by atoms with Crippen molar-refractivity contribution < 1.29 is 28.3 Å². The van der Waals surface area contributed by atoms with Gasteiger partial charge >= 0.3 is 5.97 Å². The monoisotopic (exact) mass is 494 g/mol. The number of carbonyl (C=O) groups excluding carboxylic acids is 4. The summed E-state index contributed by atoms with van der Waals surface area (Å²) in [6.07, 6.45) is 1.64. The zero-order valence-electron chi connectivity index (χ0n) is 19.0. The Morgan fingerprint density at radius 3 is 2.54 bits per heavy atom. The molecule has 0 bridgehead atoms. The van der Waals surface area contributed by atoms with Gasteiger partial charge < -0.3 is 14.1 Å². The highest BCUT2D eigenvalue weighted by atomic mass is 35.5. The number of carbonyl (C=O) groups is 4. The molecule has 1 atom stereocenters. The summed E-state index contributed by atoms with van der Waals surface area (Å²) in [6, 6.07) is 15.3. The fraction of sp³-hybridized carbons (Fsp3) is 0.231. The van der Waals surface area contributed by atoms with Crippen molar-refractivity contribution in [3.05, 3.63) is 88.8 Å². The molecule has 3 amide bonds. The zero-order valence-corrected chi connectivity index (χ0v) is 19.7. The Morgan fingerprint density at radius 1 is 1.11 bits per heavy atom. The van der Waals surface area contributed by atoms with Crippen LogP contribution in [0.15, 0.2) is 71.3 Å². The molecule has 4 rings (SSSR count). The number of ether oxygens (including phenoxy) is 1. The Labute approximate surface area is 207 Å². The van der Waals surface area contributed by atoms with E-state index >= 15 is 0 Å². The van der Waals surface area contributed by atoms with Crippen molar-refractivity contribution >= 4 is 41.0 Å². The van der Waals surface area contributed by atoms with Crippen molar-refractivity contribution in [2.75, 3.05) is 18.1 Å². The first kappa shape index (κ1) is 24.2. The van der Waals surface area contributed by atoms with Gasteiger partial charge in [0.1, 0.15) is 6.04 Å². The maximum atomic E-state index is 13.4. The van der Waals surface area contributed by atoms with Gasteiger partial charge in [-0.1, -0.05) is 23.7 Å². The predicted molar refractivity (Wildman–Crippen MR) is 128 cm³/mol. The molecule has 0 N–H and O–H groups in total. The van der Waals surface area contributed by atoms with Gasteiger partial charge in [-0.15, -0.1) is 0 Å². The molecule has 1 aliphatic rings. The molecule has 1 aromatic heterocycles. The van der Waals surface area contributed by atoms with E-state index in [0.717, 1.165) is 10.5 Å². The van der Waals surface area contributed by atoms with Crippen LogP contribution in [-0.4, -0.2) is 47.8 Å². The summed E-state index contributed by atoms with van der Waals surface area (Å²) in [6.45, 7) is 2.12. The highest BCUT2D eigenvalue weighted by molar-refractivity contribution is 6.30. The van der Waals surface area contributed by atoms with E-state index in [1.807, 2.05) is 12.1 Å². The molecule has 1 unspecified atom stereocenters. The van der Waals surface area contributed by atoms with Crippen LogP contribution in [0.4, 0.5) is 5.69 Å². The molecule has 35 heavy (non-hydrogen) atoms. The molecule has 1 fully saturated rings. The molecule has 9 heteroatoms. The third-order valence-corrected chi connectivity index (χ3v) is 5.89. The van der Waals surface area contributed by atoms with Crippen LogP contribution >= 0.6 is 11.6 Å². The second kappa shape index (κ2) is 10.6. The van der Waals surface area contributed by atoms with Crippen molar-refractivity contribution in [1.82, 2.24) is 4.90 Å². The SMILES string of the molecule is CCOC(=O)c1ccc(N2C(=O)CC(N(CCc3cccc(Cl)c3)C(=O)c3ccco3)C2=O)cc1. The van der Waals surface area contributed by atoms with Gasteiger partial charge in [0, 0.05) is 11.6 Å². The van der Waals surface area contributed by atoms with E-state index < -0.39 is 29.7 Å². The number of anilines is 1. The number of hydrogen-bond donors (Lipinski definition) is 0. The number of amides is 3. The average molecular weight is 495 g/mol. The first-order valence-electron chi connectivity index (χ1n) is 11.1. The minimum atomic E-state index is -0.996. The van der Waals surface area contributed by atoms with Gasteiger partial charge in [0.05, 0.1) is 30.5 Å². The summed E-state index contributed by atoms with van der Waals surface area (Å²) in [5, 5.41) is 0.566. The largest absolute Gasteiger partial charge is 0.462 e. The fourth-order valence-corrected chi connectivity index (χ4v) is 4.19. The van der Waals surface area contributed by atoms with Crippen LogP contribution in [0, 0.1) is 0 Å². The Bertz CT molecular complexity index is 1240. The minimum Gasteiger partial charge on any atom is -0.462 e. The van der Waals surface area contributed by atoms with Crippen LogP contribution in [0.1, 0.15) is 39.8 Å². The second-order valence-electron chi connectivity index (χ2n) is 7.91. The van der Waals surface area contributed by atoms with Gasteiger partial charge in [0.2, 0.25) is 5.91 Å². The Morgan fingerprint density at radius 2 is 1.89 bits per heavy atom. The zero-order chi connectivity index (χ0) is 24.9. The maximum Gasteiger partial charge on any atom is 0.338 e. The normalized spacial score (nSPS) is 15.4. The second-order valence-corrected chi connectivity index (χ2v) is 8.35. The van der Waals surface area contributed by atoms with E-state index in [-0.39, 0.29) is 25.3 Å². The first-order chi connectivity index (χ1) is 16.9. The van der Waals surface area contributed by atoms with Crippen molar-refractivity contribution in [2.24, 2.45) is 0 Å². The summed E-state index contributed by atoms with van der Waals surface area (Å²) >= 11 is 6.08. The molecule has 1 aliphatic heterocycles. The van der Waals surface area contributed by atoms with E-state index in [2.05, 4.69) is 0 Å². The highest BCUT2D eigenvalue weighted by Crippen LogP contribution is 2.27. The molecule has 0 saturated carbocycles. The van der Waals surface area contributed by atoms with Crippen molar-refractivity contribution in [3.8, 4) is 0 Å². The molecule has 0 spiro atoms. The van der Waals surface area contributed by atoms with Gasteiger partial charge in [-0.05, 0) is 67.4 Å². The highest BCUT2D eigenvalue weighted by Gasteiger charge is 2.44. The molecular weight excluding hydrogens is 472 g/mol. The van der Waals surface area contributed by atoms with Crippen LogP contribution < -0.4 is 4.90 Å². The smallest absolute Gasteiger partial charge is 0.338 e. The lowest BCUT2D eigenvalue weighted by Crippen LogP contribution is -2.46. The Kier molecular flexibility index (Phi) is 7.31. The molecule has 3 aromatic rings. The Balaban J connectivity index is 1.57. The first-order valence-corrected chi connectivity index (χ1v) is 11.5. The molecule has 180 valence electrons. The van der Waals surface area contributed by atoms with Gasteiger partial charge in [-0.25, -0.2) is 9.69 Å². The molecule has 1 saturated heterocycles. The van der Waals surface area contributed by atoms with Crippen LogP contribution in [0.3, 0.4) is 0 Å². The molecule has 2 heterocycles.